The van der Waals surface area contributed by atoms with Gasteiger partial charge >= 0.3 is 0 Å². The second-order valence-electron chi connectivity index (χ2n) is 5.87. The van der Waals surface area contributed by atoms with Crippen LogP contribution in [0.25, 0.3) is 10.1 Å². The molecule has 0 bridgehead atoms. The lowest BCUT2D eigenvalue weighted by molar-refractivity contribution is 0.455. The molecule has 1 heterocycles. The van der Waals surface area contributed by atoms with Crippen molar-refractivity contribution in [2.45, 2.75) is 45.6 Å². The highest BCUT2D eigenvalue weighted by molar-refractivity contribution is 7.19. The van der Waals surface area contributed by atoms with E-state index in [1.165, 1.54) is 52.8 Å². The number of hydrogen-bond acceptors (Lipinski definition) is 2. The van der Waals surface area contributed by atoms with Crippen LogP contribution in [0, 0.1) is 12.8 Å². The van der Waals surface area contributed by atoms with Crippen molar-refractivity contribution in [3.63, 3.8) is 0 Å². The van der Waals surface area contributed by atoms with Gasteiger partial charge in [-0.05, 0) is 56.2 Å². The molecule has 1 saturated carbocycles. The van der Waals surface area contributed by atoms with Crippen molar-refractivity contribution in [1.82, 2.24) is 5.32 Å². The molecule has 0 aliphatic heterocycles. The van der Waals surface area contributed by atoms with Gasteiger partial charge in [-0.15, -0.1) is 11.3 Å². The van der Waals surface area contributed by atoms with Crippen molar-refractivity contribution in [3.05, 3.63) is 34.7 Å². The summed E-state index contributed by atoms with van der Waals surface area (Å²) in [5.74, 6) is 0.914. The number of benzene rings is 1. The molecule has 0 spiro atoms. The highest BCUT2D eigenvalue weighted by Crippen LogP contribution is 2.34. The molecule has 19 heavy (non-hydrogen) atoms. The number of rotatable bonds is 4. The van der Waals surface area contributed by atoms with Gasteiger partial charge in [0.1, 0.15) is 0 Å². The van der Waals surface area contributed by atoms with Crippen LogP contribution in [-0.4, -0.2) is 6.54 Å². The average Bonchev–Trinajstić information content (AvgIpc) is 3.05. The minimum absolute atomic E-state index is 0.484. The normalized spacial score (nSPS) is 18.2. The third-order valence-corrected chi connectivity index (χ3v) is 5.92. The Balaban J connectivity index is 1.73. The lowest BCUT2D eigenvalue weighted by Crippen LogP contribution is -2.24. The summed E-state index contributed by atoms with van der Waals surface area (Å²) in [6, 6.07) is 9.24. The van der Waals surface area contributed by atoms with Crippen LogP contribution in [0.1, 0.15) is 49.1 Å². The molecule has 0 saturated heterocycles. The number of fused-ring (bicyclic) bond motifs is 1. The molecule has 1 aliphatic rings. The molecule has 0 amide bonds. The van der Waals surface area contributed by atoms with Gasteiger partial charge in [-0.2, -0.15) is 0 Å². The van der Waals surface area contributed by atoms with Gasteiger partial charge in [0.2, 0.25) is 0 Å². The quantitative estimate of drug-likeness (QED) is 0.822. The van der Waals surface area contributed by atoms with Gasteiger partial charge in [0.05, 0.1) is 0 Å². The summed E-state index contributed by atoms with van der Waals surface area (Å²) >= 11 is 1.95. The summed E-state index contributed by atoms with van der Waals surface area (Å²) in [4.78, 5) is 1.51. The number of aryl methyl sites for hydroxylation is 1. The standard InChI is InChI=1S/C17H23NS/c1-12-15-9-5-6-10-16(15)19-17(12)13(2)18-11-14-7-3-4-8-14/h5-6,9-10,13-14,18H,3-4,7-8,11H2,1-2H3. The van der Waals surface area contributed by atoms with E-state index in [0.29, 0.717) is 6.04 Å². The molecule has 1 nitrogen and oxygen atoms in total. The maximum absolute atomic E-state index is 3.75. The van der Waals surface area contributed by atoms with Crippen molar-refractivity contribution in [3.8, 4) is 0 Å². The van der Waals surface area contributed by atoms with Gasteiger partial charge in [-0.3, -0.25) is 0 Å². The molecule has 1 aliphatic carbocycles. The Morgan fingerprint density at radius 1 is 1.26 bits per heavy atom. The van der Waals surface area contributed by atoms with Crippen molar-refractivity contribution < 1.29 is 0 Å². The lowest BCUT2D eigenvalue weighted by Gasteiger charge is -2.16. The largest absolute Gasteiger partial charge is 0.309 e. The molecule has 1 N–H and O–H groups in total. The minimum Gasteiger partial charge on any atom is -0.309 e. The first-order valence-electron chi connectivity index (χ1n) is 7.47. The fraction of sp³-hybridized carbons (Fsp3) is 0.529. The van der Waals surface area contributed by atoms with E-state index in [9.17, 15) is 0 Å². The number of thiophene rings is 1. The zero-order chi connectivity index (χ0) is 13.2. The fourth-order valence-corrected chi connectivity index (χ4v) is 4.49. The van der Waals surface area contributed by atoms with Gasteiger partial charge in [0, 0.05) is 15.6 Å². The predicted molar refractivity (Wildman–Crippen MR) is 84.9 cm³/mol. The van der Waals surface area contributed by atoms with Crippen LogP contribution in [-0.2, 0) is 0 Å². The van der Waals surface area contributed by atoms with Crippen molar-refractivity contribution in [2.75, 3.05) is 6.54 Å². The zero-order valence-corrected chi connectivity index (χ0v) is 12.7. The smallest absolute Gasteiger partial charge is 0.0389 e. The topological polar surface area (TPSA) is 12.0 Å². The molecule has 1 aromatic heterocycles. The second-order valence-corrected chi connectivity index (χ2v) is 6.95. The molecule has 1 fully saturated rings. The fourth-order valence-electron chi connectivity index (χ4n) is 3.26. The van der Waals surface area contributed by atoms with Crippen LogP contribution < -0.4 is 5.32 Å². The Kier molecular flexibility index (Phi) is 3.90. The van der Waals surface area contributed by atoms with Crippen LogP contribution in [0.15, 0.2) is 24.3 Å². The SMILES string of the molecule is Cc1c(C(C)NCC2CCCC2)sc2ccccc12. The first kappa shape index (κ1) is 13.1. The Morgan fingerprint density at radius 3 is 2.74 bits per heavy atom. The molecule has 1 unspecified atom stereocenters. The van der Waals surface area contributed by atoms with E-state index in [0.717, 1.165) is 5.92 Å². The monoisotopic (exact) mass is 273 g/mol. The Bertz CT molecular complexity index is 551. The van der Waals surface area contributed by atoms with Crippen molar-refractivity contribution >= 4 is 21.4 Å². The molecular formula is C17H23NS. The summed E-state index contributed by atoms with van der Waals surface area (Å²) in [7, 11) is 0. The zero-order valence-electron chi connectivity index (χ0n) is 11.9. The number of hydrogen-bond donors (Lipinski definition) is 1. The van der Waals surface area contributed by atoms with Gasteiger partial charge in [-0.1, -0.05) is 31.0 Å². The minimum atomic E-state index is 0.484. The van der Waals surface area contributed by atoms with Gasteiger partial charge in [0.25, 0.3) is 0 Å². The second kappa shape index (κ2) is 5.64. The molecule has 3 rings (SSSR count). The summed E-state index contributed by atoms with van der Waals surface area (Å²) in [5, 5.41) is 5.18. The summed E-state index contributed by atoms with van der Waals surface area (Å²) < 4.78 is 1.42. The molecule has 0 radical (unpaired) electrons. The van der Waals surface area contributed by atoms with Crippen molar-refractivity contribution in [2.24, 2.45) is 5.92 Å². The van der Waals surface area contributed by atoms with Crippen LogP contribution in [0.5, 0.6) is 0 Å². The molecule has 2 aromatic rings. The van der Waals surface area contributed by atoms with Gasteiger partial charge < -0.3 is 5.32 Å². The molecular weight excluding hydrogens is 250 g/mol. The Morgan fingerprint density at radius 2 is 2.00 bits per heavy atom. The molecule has 1 aromatic carbocycles. The van der Waals surface area contributed by atoms with Crippen LogP contribution in [0.2, 0.25) is 0 Å². The van der Waals surface area contributed by atoms with Crippen molar-refractivity contribution in [1.29, 1.82) is 0 Å². The van der Waals surface area contributed by atoms with Gasteiger partial charge in [0.15, 0.2) is 0 Å². The maximum atomic E-state index is 3.75. The lowest BCUT2D eigenvalue weighted by atomic mass is 10.1. The van der Waals surface area contributed by atoms with E-state index in [1.807, 2.05) is 11.3 Å². The third kappa shape index (κ3) is 2.70. The summed E-state index contributed by atoms with van der Waals surface area (Å²) in [6.07, 6.45) is 5.71. The van der Waals surface area contributed by atoms with E-state index in [-0.39, 0.29) is 0 Å². The Labute approximate surface area is 120 Å². The summed E-state index contributed by atoms with van der Waals surface area (Å²) in [6.45, 7) is 5.77. The maximum Gasteiger partial charge on any atom is 0.0389 e. The molecule has 2 heteroatoms. The van der Waals surface area contributed by atoms with E-state index in [4.69, 9.17) is 0 Å². The predicted octanol–water partition coefficient (Wildman–Crippen LogP) is 5.05. The van der Waals surface area contributed by atoms with Crippen LogP contribution in [0.4, 0.5) is 0 Å². The molecule has 102 valence electrons. The van der Waals surface area contributed by atoms with E-state index < -0.39 is 0 Å². The number of nitrogens with one attached hydrogen (secondary N) is 1. The van der Waals surface area contributed by atoms with Crippen LogP contribution >= 0.6 is 11.3 Å². The average molecular weight is 273 g/mol. The van der Waals surface area contributed by atoms with Crippen LogP contribution in [0.3, 0.4) is 0 Å². The van der Waals surface area contributed by atoms with E-state index in [1.54, 1.807) is 0 Å². The highest BCUT2D eigenvalue weighted by Gasteiger charge is 2.18. The van der Waals surface area contributed by atoms with E-state index >= 15 is 0 Å². The summed E-state index contributed by atoms with van der Waals surface area (Å²) in [5.41, 5.74) is 1.46. The first-order chi connectivity index (χ1) is 9.25. The molecule has 1 atom stereocenters. The highest BCUT2D eigenvalue weighted by atomic mass is 32.1. The van der Waals surface area contributed by atoms with E-state index in [2.05, 4.69) is 43.4 Å². The third-order valence-electron chi connectivity index (χ3n) is 4.46. The first-order valence-corrected chi connectivity index (χ1v) is 8.29. The Hall–Kier alpha value is -0.860. The van der Waals surface area contributed by atoms with Gasteiger partial charge in [-0.25, -0.2) is 0 Å².